The van der Waals surface area contributed by atoms with Gasteiger partial charge in [0.05, 0.1) is 4.90 Å². The van der Waals surface area contributed by atoms with E-state index >= 15 is 0 Å². The minimum Gasteiger partial charge on any atom is -0.355 e. The minimum absolute atomic E-state index is 0.0399. The van der Waals surface area contributed by atoms with Crippen molar-refractivity contribution in [1.82, 2.24) is 5.32 Å². The average molecular weight is 375 g/mol. The Kier molecular flexibility index (Phi) is 6.48. The van der Waals surface area contributed by atoms with E-state index in [9.17, 15) is 18.0 Å². The molecule has 26 heavy (non-hydrogen) atoms. The van der Waals surface area contributed by atoms with E-state index in [1.165, 1.54) is 12.1 Å². The smallest absolute Gasteiger partial charge is 0.238 e. The van der Waals surface area contributed by atoms with Crippen LogP contribution < -0.4 is 15.8 Å². The maximum atomic E-state index is 11.8. The normalized spacial score (nSPS) is 11.0. The highest BCUT2D eigenvalue weighted by atomic mass is 32.2. The standard InChI is InChI=1S/C18H21N3O4S/c1-13-2-6-15(7-3-13)21-18(23)12-17(22)20-11-10-14-4-8-16(9-5-14)26(19,24)25/h2-9H,10-12H2,1H3,(H,20,22)(H,21,23)(H2,19,24,25). The molecule has 2 rings (SSSR count). The number of anilines is 1. The van der Waals surface area contributed by atoms with Gasteiger partial charge in [0, 0.05) is 12.2 Å². The van der Waals surface area contributed by atoms with Gasteiger partial charge >= 0.3 is 0 Å². The third kappa shape index (κ3) is 6.30. The number of carbonyl (C=O) groups excluding carboxylic acids is 2. The highest BCUT2D eigenvalue weighted by molar-refractivity contribution is 7.89. The first-order valence-corrected chi connectivity index (χ1v) is 9.53. The molecule has 2 aromatic carbocycles. The zero-order valence-corrected chi connectivity index (χ0v) is 15.2. The molecule has 0 aromatic heterocycles. The van der Waals surface area contributed by atoms with E-state index < -0.39 is 10.0 Å². The minimum atomic E-state index is -3.71. The van der Waals surface area contributed by atoms with Gasteiger partial charge in [0.25, 0.3) is 0 Å². The summed E-state index contributed by atoms with van der Waals surface area (Å²) in [5, 5.41) is 10.4. The van der Waals surface area contributed by atoms with Crippen LogP contribution in [0.5, 0.6) is 0 Å². The number of hydrogen-bond acceptors (Lipinski definition) is 4. The molecule has 8 heteroatoms. The maximum absolute atomic E-state index is 11.8. The summed E-state index contributed by atoms with van der Waals surface area (Å²) in [6.45, 7) is 2.28. The lowest BCUT2D eigenvalue weighted by molar-refractivity contribution is -0.126. The Hall–Kier alpha value is -2.71. The number of benzene rings is 2. The third-order valence-corrected chi connectivity index (χ3v) is 4.57. The van der Waals surface area contributed by atoms with Gasteiger partial charge in [0.2, 0.25) is 21.8 Å². The van der Waals surface area contributed by atoms with Crippen LogP contribution >= 0.6 is 0 Å². The maximum Gasteiger partial charge on any atom is 0.238 e. The Bertz CT molecular complexity index is 876. The van der Waals surface area contributed by atoms with Crippen LogP contribution in [0.2, 0.25) is 0 Å². The largest absolute Gasteiger partial charge is 0.355 e. The summed E-state index contributed by atoms with van der Waals surface area (Å²) in [7, 11) is -3.71. The number of primary sulfonamides is 1. The molecule has 0 aliphatic heterocycles. The molecule has 0 fully saturated rings. The van der Waals surface area contributed by atoms with E-state index in [4.69, 9.17) is 5.14 Å². The second kappa shape index (κ2) is 8.59. The molecule has 0 aliphatic carbocycles. The van der Waals surface area contributed by atoms with Gasteiger partial charge in [-0.3, -0.25) is 9.59 Å². The van der Waals surface area contributed by atoms with Crippen molar-refractivity contribution in [1.29, 1.82) is 0 Å². The second-order valence-corrected chi connectivity index (χ2v) is 7.44. The van der Waals surface area contributed by atoms with Gasteiger partial charge < -0.3 is 10.6 Å². The first-order valence-electron chi connectivity index (χ1n) is 7.99. The van der Waals surface area contributed by atoms with Crippen LogP contribution in [-0.2, 0) is 26.0 Å². The summed E-state index contributed by atoms with van der Waals surface area (Å²) in [4.78, 5) is 23.7. The molecule has 0 atom stereocenters. The molecule has 0 saturated heterocycles. The molecule has 2 aromatic rings. The molecule has 0 aliphatic rings. The molecule has 0 bridgehead atoms. The zero-order chi connectivity index (χ0) is 19.2. The molecular formula is C18H21N3O4S. The van der Waals surface area contributed by atoms with Crippen molar-refractivity contribution >= 4 is 27.5 Å². The summed E-state index contributed by atoms with van der Waals surface area (Å²) in [5.74, 6) is -0.764. The number of nitrogens with two attached hydrogens (primary N) is 1. The summed E-state index contributed by atoms with van der Waals surface area (Å²) in [5.41, 5.74) is 2.57. The number of hydrogen-bond donors (Lipinski definition) is 3. The number of sulfonamides is 1. The number of amides is 2. The van der Waals surface area contributed by atoms with Gasteiger partial charge in [0.1, 0.15) is 6.42 Å². The summed E-state index contributed by atoms with van der Waals surface area (Å²) < 4.78 is 22.4. The molecular weight excluding hydrogens is 354 g/mol. The number of carbonyl (C=O) groups is 2. The molecule has 4 N–H and O–H groups in total. The Morgan fingerprint density at radius 2 is 1.58 bits per heavy atom. The Morgan fingerprint density at radius 1 is 0.962 bits per heavy atom. The van der Waals surface area contributed by atoms with E-state index in [0.717, 1.165) is 11.1 Å². The van der Waals surface area contributed by atoms with Crippen molar-refractivity contribution in [3.63, 3.8) is 0 Å². The quantitative estimate of drug-likeness (QED) is 0.633. The number of aryl methyl sites for hydroxylation is 1. The molecule has 2 amide bonds. The lowest BCUT2D eigenvalue weighted by Gasteiger charge is -2.07. The highest BCUT2D eigenvalue weighted by Gasteiger charge is 2.10. The molecule has 0 spiro atoms. The van der Waals surface area contributed by atoms with Crippen LogP contribution in [0.25, 0.3) is 0 Å². The zero-order valence-electron chi connectivity index (χ0n) is 14.4. The summed E-state index contributed by atoms with van der Waals surface area (Å²) in [6, 6.07) is 13.4. The number of rotatable bonds is 7. The fourth-order valence-electron chi connectivity index (χ4n) is 2.24. The molecule has 0 saturated carbocycles. The third-order valence-electron chi connectivity index (χ3n) is 3.64. The average Bonchev–Trinajstić information content (AvgIpc) is 2.56. The van der Waals surface area contributed by atoms with Crippen molar-refractivity contribution in [2.45, 2.75) is 24.7 Å². The van der Waals surface area contributed by atoms with Crippen LogP contribution in [0.4, 0.5) is 5.69 Å². The van der Waals surface area contributed by atoms with Crippen LogP contribution in [0.15, 0.2) is 53.4 Å². The number of nitrogens with one attached hydrogen (secondary N) is 2. The van der Waals surface area contributed by atoms with Crippen molar-refractivity contribution in [2.75, 3.05) is 11.9 Å². The van der Waals surface area contributed by atoms with E-state index in [0.29, 0.717) is 18.7 Å². The van der Waals surface area contributed by atoms with Crippen molar-refractivity contribution < 1.29 is 18.0 Å². The SMILES string of the molecule is Cc1ccc(NC(=O)CC(=O)NCCc2ccc(S(N)(=O)=O)cc2)cc1. The first kappa shape index (κ1) is 19.6. The highest BCUT2D eigenvalue weighted by Crippen LogP contribution is 2.10. The predicted molar refractivity (Wildman–Crippen MR) is 99.0 cm³/mol. The van der Waals surface area contributed by atoms with Gasteiger partial charge in [-0.05, 0) is 43.2 Å². The predicted octanol–water partition coefficient (Wildman–Crippen LogP) is 1.33. The molecule has 0 unspecified atom stereocenters. The topological polar surface area (TPSA) is 118 Å². The Labute approximate surface area is 152 Å². The van der Waals surface area contributed by atoms with Crippen molar-refractivity contribution in [2.24, 2.45) is 5.14 Å². The van der Waals surface area contributed by atoms with E-state index in [2.05, 4.69) is 10.6 Å². The van der Waals surface area contributed by atoms with E-state index in [1.807, 2.05) is 19.1 Å². The molecule has 0 heterocycles. The van der Waals surface area contributed by atoms with Crippen LogP contribution in [0.3, 0.4) is 0 Å². The van der Waals surface area contributed by atoms with Gasteiger partial charge in [-0.2, -0.15) is 0 Å². The fourth-order valence-corrected chi connectivity index (χ4v) is 2.76. The molecule has 138 valence electrons. The first-order chi connectivity index (χ1) is 12.2. The second-order valence-electron chi connectivity index (χ2n) is 5.88. The van der Waals surface area contributed by atoms with Gasteiger partial charge in [-0.15, -0.1) is 0 Å². The monoisotopic (exact) mass is 375 g/mol. The summed E-state index contributed by atoms with van der Waals surface area (Å²) >= 11 is 0. The van der Waals surface area contributed by atoms with Crippen LogP contribution in [0.1, 0.15) is 17.5 Å². The van der Waals surface area contributed by atoms with Crippen LogP contribution in [0, 0.1) is 6.92 Å². The van der Waals surface area contributed by atoms with Crippen molar-refractivity contribution in [3.8, 4) is 0 Å². The Morgan fingerprint density at radius 3 is 2.15 bits per heavy atom. The van der Waals surface area contributed by atoms with Gasteiger partial charge in [-0.1, -0.05) is 29.8 Å². The fraction of sp³-hybridized carbons (Fsp3) is 0.222. The molecule has 7 nitrogen and oxygen atoms in total. The van der Waals surface area contributed by atoms with Crippen LogP contribution in [-0.4, -0.2) is 26.8 Å². The van der Waals surface area contributed by atoms with E-state index in [1.54, 1.807) is 24.3 Å². The van der Waals surface area contributed by atoms with Gasteiger partial charge in [-0.25, -0.2) is 13.6 Å². The van der Waals surface area contributed by atoms with Crippen molar-refractivity contribution in [3.05, 3.63) is 59.7 Å². The molecule has 0 radical (unpaired) electrons. The van der Waals surface area contributed by atoms with Gasteiger partial charge in [0.15, 0.2) is 0 Å². The Balaban J connectivity index is 1.74. The summed E-state index contributed by atoms with van der Waals surface area (Å²) in [6.07, 6.45) is 0.244. The van der Waals surface area contributed by atoms with E-state index in [-0.39, 0.29) is 23.1 Å². The lowest BCUT2D eigenvalue weighted by Crippen LogP contribution is -2.29. The lowest BCUT2D eigenvalue weighted by atomic mass is 10.1.